The smallest absolute Gasteiger partial charge is 1.00 e. The molecule has 0 fully saturated rings. The molecule has 0 heterocycles. The van der Waals surface area contributed by atoms with Crippen LogP contribution in [0.2, 0.25) is 0 Å². The third-order valence-electron chi connectivity index (χ3n) is 0.176. The standard InChI is InChI=1S/C3H3ClO2.Al.Li.4H/c1-2-6-3(4)5;;;;;;/h2H,1H2;;;;;;/q;;+1;;;;-1. The Balaban J connectivity index is -0.0000000417. The van der Waals surface area contributed by atoms with Crippen LogP contribution < -0.4 is 18.9 Å². The van der Waals surface area contributed by atoms with E-state index in [1.165, 1.54) is 0 Å². The molecule has 8 heavy (non-hydrogen) atoms. The molecule has 0 aliphatic rings. The summed E-state index contributed by atoms with van der Waals surface area (Å²) in [5.74, 6) is 0. The third-order valence-corrected chi connectivity index (χ3v) is 0.265. The maximum Gasteiger partial charge on any atom is 1.00 e. The van der Waals surface area contributed by atoms with E-state index in [1.54, 1.807) is 0 Å². The van der Waals surface area contributed by atoms with Crippen molar-refractivity contribution in [3.05, 3.63) is 12.8 Å². The minimum Gasteiger partial charge on any atom is -1.00 e. The van der Waals surface area contributed by atoms with Gasteiger partial charge in [-0.2, -0.15) is 0 Å². The molecular formula is C3H7AlClLiO2. The molecule has 0 radical (unpaired) electrons. The van der Waals surface area contributed by atoms with Gasteiger partial charge in [0.25, 0.3) is 0 Å². The predicted molar refractivity (Wildman–Crippen MR) is 33.6 cm³/mol. The molecule has 5 heteroatoms. The van der Waals surface area contributed by atoms with E-state index in [-0.39, 0.29) is 37.6 Å². The number of ether oxygens (including phenoxy) is 1. The molecule has 0 N–H and O–H groups in total. The van der Waals surface area contributed by atoms with Gasteiger partial charge in [-0.15, -0.1) is 0 Å². The number of halogens is 1. The fraction of sp³-hybridized carbons (Fsp3) is 0. The normalized spacial score (nSPS) is 5.12. The van der Waals surface area contributed by atoms with Crippen LogP contribution in [0.3, 0.4) is 0 Å². The van der Waals surface area contributed by atoms with Crippen molar-refractivity contribution in [1.82, 2.24) is 0 Å². The van der Waals surface area contributed by atoms with Crippen LogP contribution in [0.15, 0.2) is 12.8 Å². The molecule has 0 aromatic heterocycles. The predicted octanol–water partition coefficient (Wildman–Crippen LogP) is -2.56. The molecule has 0 unspecified atom stereocenters. The van der Waals surface area contributed by atoms with Gasteiger partial charge in [-0.25, -0.2) is 4.79 Å². The van der Waals surface area contributed by atoms with Gasteiger partial charge in [-0.05, 0) is 0 Å². The fourth-order valence-corrected chi connectivity index (χ4v) is 0.129. The first kappa shape index (κ1) is 15.9. The summed E-state index contributed by atoms with van der Waals surface area (Å²) in [6.45, 7) is 3.07. The largest absolute Gasteiger partial charge is 1.00 e. The summed E-state index contributed by atoms with van der Waals surface area (Å²) in [6.07, 6.45) is 0.968. The SMILES string of the molecule is C=COC(=O)Cl.[AlH3].[H-].[Li+]. The van der Waals surface area contributed by atoms with Crippen molar-refractivity contribution in [1.29, 1.82) is 0 Å². The van der Waals surface area contributed by atoms with E-state index in [1.807, 2.05) is 0 Å². The minimum atomic E-state index is -0.856. The Labute approximate surface area is 77.0 Å². The maximum atomic E-state index is 9.52. The molecule has 0 spiro atoms. The molecule has 0 amide bonds. The van der Waals surface area contributed by atoms with Gasteiger partial charge in [0, 0.05) is 11.6 Å². The molecule has 0 aliphatic heterocycles. The quantitative estimate of drug-likeness (QED) is 0.230. The zero-order valence-corrected chi connectivity index (χ0v) is 4.73. The van der Waals surface area contributed by atoms with Crippen LogP contribution in [0.5, 0.6) is 0 Å². The number of carbonyl (C=O) groups is 1. The van der Waals surface area contributed by atoms with Gasteiger partial charge in [0.1, 0.15) is 0 Å². The molecule has 42 valence electrons. The molecule has 0 aliphatic carbocycles. The molecule has 0 aromatic rings. The number of carbonyl (C=O) groups excluding carboxylic acids is 1. The summed E-state index contributed by atoms with van der Waals surface area (Å²) >= 11 is 4.65. The Hall–Kier alpha value is 0.630. The van der Waals surface area contributed by atoms with Crippen molar-refractivity contribution in [2.75, 3.05) is 0 Å². The van der Waals surface area contributed by atoms with Crippen molar-refractivity contribution >= 4 is 34.4 Å². The minimum absolute atomic E-state index is 0. The van der Waals surface area contributed by atoms with E-state index in [9.17, 15) is 4.79 Å². The van der Waals surface area contributed by atoms with Crippen LogP contribution in [-0.2, 0) is 4.74 Å². The number of hydrogen-bond acceptors (Lipinski definition) is 2. The first-order valence-corrected chi connectivity index (χ1v) is 1.62. The zero-order chi connectivity index (χ0) is 4.99. The molecular weight excluding hydrogens is 137 g/mol. The Morgan fingerprint density at radius 2 is 2.25 bits per heavy atom. The summed E-state index contributed by atoms with van der Waals surface area (Å²) in [4.78, 5) is 9.52. The molecule has 0 saturated heterocycles. The first-order valence-electron chi connectivity index (χ1n) is 1.24. The molecule has 2 nitrogen and oxygen atoms in total. The van der Waals surface area contributed by atoms with Crippen LogP contribution in [0.25, 0.3) is 0 Å². The van der Waals surface area contributed by atoms with E-state index in [4.69, 9.17) is 0 Å². The average Bonchev–Trinajstić information content (AvgIpc) is 1.35. The Kier molecular flexibility index (Phi) is 21.0. The monoisotopic (exact) mass is 144 g/mol. The Morgan fingerprint density at radius 1 is 1.88 bits per heavy atom. The van der Waals surface area contributed by atoms with Crippen molar-refractivity contribution in [2.45, 2.75) is 0 Å². The maximum absolute atomic E-state index is 9.52. The topological polar surface area (TPSA) is 26.3 Å². The van der Waals surface area contributed by atoms with Gasteiger partial charge in [-0.1, -0.05) is 6.58 Å². The molecule has 0 aromatic carbocycles. The van der Waals surface area contributed by atoms with Crippen molar-refractivity contribution in [3.63, 3.8) is 0 Å². The van der Waals surface area contributed by atoms with E-state index >= 15 is 0 Å². The van der Waals surface area contributed by atoms with Gasteiger partial charge in [0.2, 0.25) is 0 Å². The third kappa shape index (κ3) is 15.9. The fourth-order valence-electron chi connectivity index (χ4n) is 0.0655. The Bertz CT molecular complexity index is 82.2. The number of rotatable bonds is 1. The van der Waals surface area contributed by atoms with E-state index in [0.717, 1.165) is 6.26 Å². The molecule has 0 atom stereocenters. The van der Waals surface area contributed by atoms with Gasteiger partial charge in [-0.3, -0.25) is 0 Å². The van der Waals surface area contributed by atoms with Crippen molar-refractivity contribution < 1.29 is 29.8 Å². The van der Waals surface area contributed by atoms with Crippen molar-refractivity contribution in [3.8, 4) is 0 Å². The van der Waals surface area contributed by atoms with E-state index < -0.39 is 5.43 Å². The van der Waals surface area contributed by atoms with Crippen LogP contribution in [-0.4, -0.2) is 22.8 Å². The number of hydrogen-bond donors (Lipinski definition) is 0. The van der Waals surface area contributed by atoms with Crippen LogP contribution in [0, 0.1) is 0 Å². The van der Waals surface area contributed by atoms with Gasteiger partial charge in [0.05, 0.1) is 6.26 Å². The summed E-state index contributed by atoms with van der Waals surface area (Å²) in [6, 6.07) is 0. The summed E-state index contributed by atoms with van der Waals surface area (Å²) < 4.78 is 3.93. The van der Waals surface area contributed by atoms with Crippen LogP contribution >= 0.6 is 11.6 Å². The van der Waals surface area contributed by atoms with Gasteiger partial charge in [0.15, 0.2) is 17.4 Å². The van der Waals surface area contributed by atoms with Gasteiger partial charge >= 0.3 is 24.3 Å². The summed E-state index contributed by atoms with van der Waals surface area (Å²) in [5, 5.41) is 0. The summed E-state index contributed by atoms with van der Waals surface area (Å²) in [5.41, 5.74) is -0.856. The Morgan fingerprint density at radius 3 is 2.25 bits per heavy atom. The average molecular weight is 144 g/mol. The van der Waals surface area contributed by atoms with Crippen molar-refractivity contribution in [2.24, 2.45) is 0 Å². The zero-order valence-electron chi connectivity index (χ0n) is 4.98. The first-order chi connectivity index (χ1) is 2.77. The van der Waals surface area contributed by atoms with Gasteiger partial charge < -0.3 is 6.16 Å². The second kappa shape index (κ2) is 10.6. The van der Waals surface area contributed by atoms with Crippen LogP contribution in [0.4, 0.5) is 4.79 Å². The molecule has 0 bridgehead atoms. The van der Waals surface area contributed by atoms with E-state index in [0.29, 0.717) is 0 Å². The van der Waals surface area contributed by atoms with Crippen LogP contribution in [0.1, 0.15) is 1.43 Å². The second-order valence-electron chi connectivity index (χ2n) is 0.522. The van der Waals surface area contributed by atoms with E-state index in [2.05, 4.69) is 22.9 Å². The summed E-state index contributed by atoms with van der Waals surface area (Å²) in [7, 11) is 0. The molecule has 0 saturated carbocycles. The molecule has 0 rings (SSSR count). The second-order valence-corrected chi connectivity index (χ2v) is 0.831.